The summed E-state index contributed by atoms with van der Waals surface area (Å²) in [6, 6.07) is 2.58. The maximum Gasteiger partial charge on any atom is 0.107 e. The maximum atomic E-state index is 4.29. The third-order valence-corrected chi connectivity index (χ3v) is 4.87. The summed E-state index contributed by atoms with van der Waals surface area (Å²) in [6.07, 6.45) is 4.56. The molecule has 5 heteroatoms. The topological polar surface area (TPSA) is 40.7 Å². The molecular weight excluding hydrogens is 298 g/mol. The number of aromatic nitrogens is 2. The Kier molecular flexibility index (Phi) is 4.36. The van der Waals surface area contributed by atoms with Gasteiger partial charge in [0.25, 0.3) is 0 Å². The molecule has 0 saturated carbocycles. The minimum absolute atomic E-state index is 0.334. The highest BCUT2D eigenvalue weighted by Crippen LogP contribution is 2.32. The molecule has 2 rings (SSSR count). The third kappa shape index (κ3) is 3.18. The van der Waals surface area contributed by atoms with Gasteiger partial charge >= 0.3 is 0 Å². The monoisotopic (exact) mass is 313 g/mol. The van der Waals surface area contributed by atoms with Crippen LogP contribution in [-0.4, -0.2) is 16.5 Å². The van der Waals surface area contributed by atoms with Gasteiger partial charge in [-0.2, -0.15) is 0 Å². The molecule has 2 heterocycles. The van der Waals surface area contributed by atoms with Crippen LogP contribution in [0, 0.1) is 6.92 Å². The van der Waals surface area contributed by atoms with Gasteiger partial charge in [-0.15, -0.1) is 11.3 Å². The van der Waals surface area contributed by atoms with Crippen LogP contribution < -0.4 is 5.32 Å². The molecule has 0 radical (unpaired) electrons. The number of likely N-dealkylation sites (N-methyl/N-ethyl adjacent to an activating group) is 1. The van der Waals surface area contributed by atoms with Gasteiger partial charge in [-0.3, -0.25) is 0 Å². The van der Waals surface area contributed by atoms with Crippen molar-refractivity contribution in [3.8, 4) is 0 Å². The van der Waals surface area contributed by atoms with E-state index in [9.17, 15) is 0 Å². The van der Waals surface area contributed by atoms with Crippen LogP contribution in [0.5, 0.6) is 0 Å². The maximum absolute atomic E-state index is 4.29. The van der Waals surface area contributed by atoms with Crippen LogP contribution >= 0.6 is 27.3 Å². The zero-order valence-corrected chi connectivity index (χ0v) is 12.4. The summed E-state index contributed by atoms with van der Waals surface area (Å²) in [5, 5.41) is 3.51. The van der Waals surface area contributed by atoms with Gasteiger partial charge in [-0.1, -0.05) is 6.92 Å². The molecule has 0 aliphatic heterocycles. The van der Waals surface area contributed by atoms with Gasteiger partial charge in [-0.25, -0.2) is 4.98 Å². The molecule has 2 aromatic heterocycles. The molecule has 0 aliphatic carbocycles. The molecule has 0 saturated heterocycles. The van der Waals surface area contributed by atoms with Gasteiger partial charge in [-0.05, 0) is 41.0 Å². The minimum Gasteiger partial charge on any atom is -0.349 e. The van der Waals surface area contributed by atoms with Crippen LogP contribution in [0.2, 0.25) is 0 Å². The molecule has 3 nitrogen and oxygen atoms in total. The number of aryl methyl sites for hydroxylation is 1. The molecule has 0 amide bonds. The van der Waals surface area contributed by atoms with Crippen LogP contribution in [-0.2, 0) is 6.42 Å². The zero-order chi connectivity index (χ0) is 12.3. The molecule has 0 fully saturated rings. The normalized spacial score (nSPS) is 12.9. The number of aromatic amines is 1. The number of hydrogen-bond donors (Lipinski definition) is 2. The molecule has 92 valence electrons. The second-order valence-corrected chi connectivity index (χ2v) is 6.36. The van der Waals surface area contributed by atoms with Crippen molar-refractivity contribution in [1.82, 2.24) is 15.3 Å². The second kappa shape index (κ2) is 5.80. The van der Waals surface area contributed by atoms with Crippen molar-refractivity contribution < 1.29 is 0 Å². The van der Waals surface area contributed by atoms with E-state index in [4.69, 9.17) is 0 Å². The molecule has 1 unspecified atom stereocenters. The SMILES string of the molecule is CCNC(Cc1ncc[nH]1)c1cc(C)c(Br)s1. The fourth-order valence-corrected chi connectivity index (χ4v) is 3.42. The molecule has 1 atom stereocenters. The summed E-state index contributed by atoms with van der Waals surface area (Å²) in [4.78, 5) is 8.80. The lowest BCUT2D eigenvalue weighted by molar-refractivity contribution is 0.547. The second-order valence-electron chi connectivity index (χ2n) is 3.96. The predicted molar refractivity (Wildman–Crippen MR) is 75.5 cm³/mol. The van der Waals surface area contributed by atoms with E-state index in [1.165, 1.54) is 14.2 Å². The number of nitrogens with one attached hydrogen (secondary N) is 2. The first-order valence-electron chi connectivity index (χ1n) is 5.68. The van der Waals surface area contributed by atoms with Crippen LogP contribution in [0.25, 0.3) is 0 Å². The quantitative estimate of drug-likeness (QED) is 0.887. The predicted octanol–water partition coefficient (Wildman–Crippen LogP) is 3.44. The first kappa shape index (κ1) is 12.8. The number of thiophene rings is 1. The van der Waals surface area contributed by atoms with Crippen molar-refractivity contribution in [3.05, 3.63) is 38.5 Å². The van der Waals surface area contributed by atoms with Crippen molar-refractivity contribution in [2.45, 2.75) is 26.3 Å². The third-order valence-electron chi connectivity index (χ3n) is 2.62. The zero-order valence-electron chi connectivity index (χ0n) is 9.96. The fraction of sp³-hybridized carbons (Fsp3) is 0.417. The van der Waals surface area contributed by atoms with Crippen LogP contribution in [0.1, 0.15) is 29.2 Å². The van der Waals surface area contributed by atoms with E-state index in [0.29, 0.717) is 6.04 Å². The van der Waals surface area contributed by atoms with Gasteiger partial charge < -0.3 is 10.3 Å². The van der Waals surface area contributed by atoms with E-state index in [0.717, 1.165) is 18.8 Å². The Bertz CT molecular complexity index is 445. The Hall–Kier alpha value is -0.650. The van der Waals surface area contributed by atoms with Gasteiger partial charge in [0.1, 0.15) is 5.82 Å². The van der Waals surface area contributed by atoms with Crippen LogP contribution in [0.3, 0.4) is 0 Å². The lowest BCUT2D eigenvalue weighted by Gasteiger charge is -2.14. The molecule has 17 heavy (non-hydrogen) atoms. The molecule has 0 aromatic carbocycles. The Balaban J connectivity index is 2.16. The summed E-state index contributed by atoms with van der Waals surface area (Å²) < 4.78 is 1.22. The number of nitrogens with zero attached hydrogens (tertiary/aromatic N) is 1. The van der Waals surface area contributed by atoms with Gasteiger partial charge in [0.05, 0.1) is 3.79 Å². The molecule has 2 N–H and O–H groups in total. The Morgan fingerprint density at radius 1 is 1.59 bits per heavy atom. The van der Waals surface area contributed by atoms with E-state index >= 15 is 0 Å². The van der Waals surface area contributed by atoms with Gasteiger partial charge in [0, 0.05) is 29.7 Å². The van der Waals surface area contributed by atoms with E-state index in [1.807, 2.05) is 6.20 Å². The number of rotatable bonds is 5. The number of H-pyrrole nitrogens is 1. The van der Waals surface area contributed by atoms with Crippen molar-refractivity contribution in [2.75, 3.05) is 6.54 Å². The van der Waals surface area contributed by atoms with E-state index in [2.05, 4.69) is 51.1 Å². The summed E-state index contributed by atoms with van der Waals surface area (Å²) in [7, 11) is 0. The van der Waals surface area contributed by atoms with Crippen molar-refractivity contribution in [1.29, 1.82) is 0 Å². The Morgan fingerprint density at radius 2 is 2.41 bits per heavy atom. The van der Waals surface area contributed by atoms with E-state index in [1.54, 1.807) is 17.5 Å². The average Bonchev–Trinajstić information content (AvgIpc) is 2.90. The molecule has 0 spiro atoms. The van der Waals surface area contributed by atoms with E-state index < -0.39 is 0 Å². The van der Waals surface area contributed by atoms with Crippen molar-refractivity contribution in [3.63, 3.8) is 0 Å². The average molecular weight is 314 g/mol. The smallest absolute Gasteiger partial charge is 0.107 e. The molecule has 0 bridgehead atoms. The van der Waals surface area contributed by atoms with E-state index in [-0.39, 0.29) is 0 Å². The fourth-order valence-electron chi connectivity index (χ4n) is 1.78. The molecule has 2 aromatic rings. The van der Waals surface area contributed by atoms with Crippen molar-refractivity contribution >= 4 is 27.3 Å². The van der Waals surface area contributed by atoms with Gasteiger partial charge in [0.2, 0.25) is 0 Å². The Labute approximate surface area is 114 Å². The highest BCUT2D eigenvalue weighted by atomic mass is 79.9. The standard InChI is InChI=1S/C12H16BrN3S/c1-3-14-9(7-11-15-4-5-16-11)10-6-8(2)12(13)17-10/h4-6,9,14H,3,7H2,1-2H3,(H,15,16). The highest BCUT2D eigenvalue weighted by Gasteiger charge is 2.15. The van der Waals surface area contributed by atoms with Crippen molar-refractivity contribution in [2.24, 2.45) is 0 Å². The molecular formula is C12H16BrN3S. The first-order valence-corrected chi connectivity index (χ1v) is 7.29. The van der Waals surface area contributed by atoms with Gasteiger partial charge in [0.15, 0.2) is 0 Å². The van der Waals surface area contributed by atoms with Crippen LogP contribution in [0.4, 0.5) is 0 Å². The largest absolute Gasteiger partial charge is 0.349 e. The first-order chi connectivity index (χ1) is 8.20. The highest BCUT2D eigenvalue weighted by molar-refractivity contribution is 9.11. The molecule has 0 aliphatic rings. The Morgan fingerprint density at radius 3 is 2.94 bits per heavy atom. The van der Waals surface area contributed by atoms with Crippen LogP contribution in [0.15, 0.2) is 22.2 Å². The summed E-state index contributed by atoms with van der Waals surface area (Å²) in [6.45, 7) is 5.21. The summed E-state index contributed by atoms with van der Waals surface area (Å²) in [5.74, 6) is 1.03. The summed E-state index contributed by atoms with van der Waals surface area (Å²) in [5.41, 5.74) is 1.30. The number of imidazole rings is 1. The lowest BCUT2D eigenvalue weighted by Crippen LogP contribution is -2.22. The number of halogens is 1. The minimum atomic E-state index is 0.334. The number of hydrogen-bond acceptors (Lipinski definition) is 3. The summed E-state index contributed by atoms with van der Waals surface area (Å²) >= 11 is 5.38. The lowest BCUT2D eigenvalue weighted by atomic mass is 10.1.